The van der Waals surface area contributed by atoms with Crippen molar-refractivity contribution < 1.29 is 18.0 Å². The summed E-state index contributed by atoms with van der Waals surface area (Å²) < 4.78 is 26.4. The standard InChI is InChI=1S/C17H26N4O4S.ClH/c1-3-21(4-2)26(24,25)15-7-5-6-13(10-15)17(23)19-12-16(22)20-14-8-9-18-11-14;/h5-7,10,14,18H,3-4,8-9,11-12H2,1-2H3,(H,19,23)(H,20,22);1H. The molecule has 3 N–H and O–H groups in total. The first kappa shape index (κ1) is 23.4. The first-order valence-electron chi connectivity index (χ1n) is 8.77. The number of rotatable bonds is 8. The zero-order valence-electron chi connectivity index (χ0n) is 15.5. The third kappa shape index (κ3) is 6.17. The van der Waals surface area contributed by atoms with Gasteiger partial charge < -0.3 is 16.0 Å². The van der Waals surface area contributed by atoms with Gasteiger partial charge in [0.2, 0.25) is 15.9 Å². The van der Waals surface area contributed by atoms with E-state index in [1.165, 1.54) is 28.6 Å². The number of carbonyl (C=O) groups is 2. The maximum absolute atomic E-state index is 12.6. The van der Waals surface area contributed by atoms with Crippen LogP contribution in [0.1, 0.15) is 30.6 Å². The quantitative estimate of drug-likeness (QED) is 0.564. The molecule has 1 saturated heterocycles. The van der Waals surface area contributed by atoms with Crippen LogP contribution in [0.5, 0.6) is 0 Å². The first-order chi connectivity index (χ1) is 12.4. The SMILES string of the molecule is CCN(CC)S(=O)(=O)c1cccc(C(=O)NCC(=O)NC2CCNC2)c1.Cl. The Morgan fingerprint density at radius 2 is 1.96 bits per heavy atom. The van der Waals surface area contributed by atoms with E-state index in [0.29, 0.717) is 13.1 Å². The van der Waals surface area contributed by atoms with E-state index in [4.69, 9.17) is 0 Å². The van der Waals surface area contributed by atoms with E-state index in [0.717, 1.165) is 19.5 Å². The molecule has 1 atom stereocenters. The predicted molar refractivity (Wildman–Crippen MR) is 106 cm³/mol. The Morgan fingerprint density at radius 3 is 2.56 bits per heavy atom. The highest BCUT2D eigenvalue weighted by Crippen LogP contribution is 2.16. The molecule has 0 aromatic heterocycles. The smallest absolute Gasteiger partial charge is 0.251 e. The van der Waals surface area contributed by atoms with Gasteiger partial charge in [-0.15, -0.1) is 12.4 Å². The van der Waals surface area contributed by atoms with Crippen LogP contribution in [-0.4, -0.2) is 63.3 Å². The highest BCUT2D eigenvalue weighted by molar-refractivity contribution is 7.89. The summed E-state index contributed by atoms with van der Waals surface area (Å²) in [5.74, 6) is -0.750. The van der Waals surface area contributed by atoms with Crippen molar-refractivity contribution in [2.24, 2.45) is 0 Å². The van der Waals surface area contributed by atoms with Gasteiger partial charge in [0.1, 0.15) is 0 Å². The average molecular weight is 419 g/mol. The number of amides is 2. The van der Waals surface area contributed by atoms with Crippen LogP contribution in [0.2, 0.25) is 0 Å². The van der Waals surface area contributed by atoms with Gasteiger partial charge in [-0.25, -0.2) is 8.42 Å². The van der Waals surface area contributed by atoms with Crippen molar-refractivity contribution in [1.82, 2.24) is 20.3 Å². The van der Waals surface area contributed by atoms with E-state index in [1.54, 1.807) is 13.8 Å². The van der Waals surface area contributed by atoms with E-state index in [2.05, 4.69) is 16.0 Å². The molecular weight excluding hydrogens is 392 g/mol. The van der Waals surface area contributed by atoms with Crippen LogP contribution < -0.4 is 16.0 Å². The first-order valence-corrected chi connectivity index (χ1v) is 10.2. The van der Waals surface area contributed by atoms with Crippen LogP contribution in [0.4, 0.5) is 0 Å². The summed E-state index contributed by atoms with van der Waals surface area (Å²) in [7, 11) is -3.64. The summed E-state index contributed by atoms with van der Waals surface area (Å²) in [6, 6.07) is 5.93. The molecular formula is C17H27ClN4O4S. The lowest BCUT2D eigenvalue weighted by Crippen LogP contribution is -2.42. The van der Waals surface area contributed by atoms with Gasteiger partial charge in [-0.05, 0) is 31.2 Å². The third-order valence-electron chi connectivity index (χ3n) is 4.27. The Hall–Kier alpha value is -1.68. The number of sulfonamides is 1. The molecule has 1 fully saturated rings. The van der Waals surface area contributed by atoms with Gasteiger partial charge in [0, 0.05) is 31.2 Å². The summed E-state index contributed by atoms with van der Waals surface area (Å²) in [5, 5.41) is 8.51. The molecule has 0 radical (unpaired) electrons. The topological polar surface area (TPSA) is 108 Å². The normalized spacial score (nSPS) is 16.6. The number of hydrogen-bond acceptors (Lipinski definition) is 5. The average Bonchev–Trinajstić information content (AvgIpc) is 3.13. The number of carbonyl (C=O) groups excluding carboxylic acids is 2. The minimum absolute atomic E-state index is 0. The minimum Gasteiger partial charge on any atom is -0.351 e. The van der Waals surface area contributed by atoms with Gasteiger partial charge in [0.15, 0.2) is 0 Å². The minimum atomic E-state index is -3.64. The molecule has 1 aromatic carbocycles. The molecule has 1 unspecified atom stereocenters. The fourth-order valence-corrected chi connectivity index (χ4v) is 4.33. The van der Waals surface area contributed by atoms with Crippen LogP contribution in [0.3, 0.4) is 0 Å². The maximum Gasteiger partial charge on any atom is 0.251 e. The number of halogens is 1. The maximum atomic E-state index is 12.6. The molecule has 10 heteroatoms. The number of nitrogens with zero attached hydrogens (tertiary/aromatic N) is 1. The molecule has 1 heterocycles. The fraction of sp³-hybridized carbons (Fsp3) is 0.529. The second-order valence-electron chi connectivity index (χ2n) is 6.06. The molecule has 8 nitrogen and oxygen atoms in total. The van der Waals surface area contributed by atoms with Gasteiger partial charge in [-0.1, -0.05) is 19.9 Å². The van der Waals surface area contributed by atoms with Gasteiger partial charge in [-0.3, -0.25) is 9.59 Å². The van der Waals surface area contributed by atoms with E-state index >= 15 is 0 Å². The molecule has 0 aliphatic carbocycles. The molecule has 1 aliphatic heterocycles. The van der Waals surface area contributed by atoms with Crippen molar-refractivity contribution in [1.29, 1.82) is 0 Å². The van der Waals surface area contributed by atoms with Crippen LogP contribution in [-0.2, 0) is 14.8 Å². The summed E-state index contributed by atoms with van der Waals surface area (Å²) >= 11 is 0. The number of hydrogen-bond donors (Lipinski definition) is 3. The highest BCUT2D eigenvalue weighted by Gasteiger charge is 2.23. The summed E-state index contributed by atoms with van der Waals surface area (Å²) in [4.78, 5) is 24.2. The molecule has 1 aliphatic rings. The van der Waals surface area contributed by atoms with Crippen molar-refractivity contribution in [3.63, 3.8) is 0 Å². The van der Waals surface area contributed by atoms with Crippen molar-refractivity contribution in [2.75, 3.05) is 32.7 Å². The van der Waals surface area contributed by atoms with Gasteiger partial charge in [-0.2, -0.15) is 4.31 Å². The highest BCUT2D eigenvalue weighted by atomic mass is 35.5. The Bertz CT molecular complexity index is 747. The zero-order chi connectivity index (χ0) is 19.2. The van der Waals surface area contributed by atoms with E-state index in [-0.39, 0.29) is 41.4 Å². The fourth-order valence-electron chi connectivity index (χ4n) is 2.83. The van der Waals surface area contributed by atoms with Crippen molar-refractivity contribution in [2.45, 2.75) is 31.2 Å². The van der Waals surface area contributed by atoms with E-state index in [9.17, 15) is 18.0 Å². The van der Waals surface area contributed by atoms with Crippen LogP contribution in [0.25, 0.3) is 0 Å². The summed E-state index contributed by atoms with van der Waals surface area (Å²) in [6.45, 7) is 5.67. The lowest BCUT2D eigenvalue weighted by Gasteiger charge is -2.18. The largest absolute Gasteiger partial charge is 0.351 e. The van der Waals surface area contributed by atoms with Crippen molar-refractivity contribution in [3.8, 4) is 0 Å². The van der Waals surface area contributed by atoms with E-state index in [1.807, 2.05) is 0 Å². The summed E-state index contributed by atoms with van der Waals surface area (Å²) in [5.41, 5.74) is 0.202. The zero-order valence-corrected chi connectivity index (χ0v) is 17.2. The predicted octanol–water partition coefficient (Wildman–Crippen LogP) is 0.347. The molecule has 2 rings (SSSR count). The molecule has 27 heavy (non-hydrogen) atoms. The summed E-state index contributed by atoms with van der Waals surface area (Å²) in [6.07, 6.45) is 0.866. The van der Waals surface area contributed by atoms with Gasteiger partial charge >= 0.3 is 0 Å². The number of benzene rings is 1. The van der Waals surface area contributed by atoms with Crippen molar-refractivity contribution in [3.05, 3.63) is 29.8 Å². The molecule has 2 amide bonds. The van der Waals surface area contributed by atoms with E-state index < -0.39 is 15.9 Å². The van der Waals surface area contributed by atoms with Crippen LogP contribution >= 0.6 is 12.4 Å². The Morgan fingerprint density at radius 1 is 1.26 bits per heavy atom. The lowest BCUT2D eigenvalue weighted by atomic mass is 10.2. The molecule has 1 aromatic rings. The molecule has 0 spiro atoms. The van der Waals surface area contributed by atoms with Crippen molar-refractivity contribution >= 4 is 34.2 Å². The Balaban J connectivity index is 0.00000364. The van der Waals surface area contributed by atoms with Crippen LogP contribution in [0.15, 0.2) is 29.2 Å². The van der Waals surface area contributed by atoms with Gasteiger partial charge in [0.25, 0.3) is 5.91 Å². The second kappa shape index (κ2) is 10.6. The third-order valence-corrected chi connectivity index (χ3v) is 6.32. The number of nitrogens with one attached hydrogen (secondary N) is 3. The molecule has 0 saturated carbocycles. The second-order valence-corrected chi connectivity index (χ2v) is 8.00. The molecule has 152 valence electrons. The lowest BCUT2D eigenvalue weighted by molar-refractivity contribution is -0.120. The van der Waals surface area contributed by atoms with Gasteiger partial charge in [0.05, 0.1) is 11.4 Å². The Labute approximate surface area is 166 Å². The molecule has 0 bridgehead atoms. The van der Waals surface area contributed by atoms with Crippen LogP contribution in [0, 0.1) is 0 Å². The monoisotopic (exact) mass is 418 g/mol. The Kier molecular flexibility index (Phi) is 9.17.